The molecule has 0 aliphatic heterocycles. The van der Waals surface area contributed by atoms with Crippen LogP contribution in [0.3, 0.4) is 0 Å². The third-order valence-electron chi connectivity index (χ3n) is 8.64. The first kappa shape index (κ1) is 25.8. The van der Waals surface area contributed by atoms with Gasteiger partial charge in [-0.25, -0.2) is 0 Å². The second-order valence-corrected chi connectivity index (χ2v) is 12.8. The number of nitrogens with zero attached hydrogens (tertiary/aromatic N) is 6. The Kier molecular flexibility index (Phi) is 6.12. The molecule has 7 rings (SSSR count). The number of aromatic nitrogens is 5. The summed E-state index contributed by atoms with van der Waals surface area (Å²) in [5.41, 5.74) is 2.12. The van der Waals surface area contributed by atoms with E-state index in [9.17, 15) is 14.9 Å². The molecule has 3 aromatic rings. The second kappa shape index (κ2) is 9.02. The summed E-state index contributed by atoms with van der Waals surface area (Å²) in [7, 11) is 0. The predicted octanol–water partition coefficient (Wildman–Crippen LogP) is 6.05. The maximum Gasteiger partial charge on any atom is 0.492 e. The number of carbonyl (C=O) groups is 1. The SMILES string of the molecule is Cc1nn(Cc2ccc(Cl)cc2Cl)c(C)c1NC(=O)C12C[C@H]3C[C@@H](C1)CC(n1nc([N+](=O)[O-])nc1Br)(C3)C2. The largest absolute Gasteiger partial charge is 0.492 e. The van der Waals surface area contributed by atoms with Gasteiger partial charge in [-0.1, -0.05) is 29.3 Å². The van der Waals surface area contributed by atoms with Crippen molar-refractivity contribution in [2.75, 3.05) is 5.32 Å². The molecule has 4 bridgehead atoms. The van der Waals surface area contributed by atoms with Crippen molar-refractivity contribution in [2.45, 2.75) is 64.5 Å². The van der Waals surface area contributed by atoms with E-state index in [1.807, 2.05) is 24.6 Å². The van der Waals surface area contributed by atoms with Crippen molar-refractivity contribution in [2.24, 2.45) is 17.3 Å². The van der Waals surface area contributed by atoms with E-state index in [4.69, 9.17) is 23.2 Å². The molecule has 0 spiro atoms. The van der Waals surface area contributed by atoms with E-state index in [0.717, 1.165) is 49.1 Å². The predicted molar refractivity (Wildman–Crippen MR) is 145 cm³/mol. The van der Waals surface area contributed by atoms with Gasteiger partial charge in [0.15, 0.2) is 0 Å². The molecule has 0 radical (unpaired) electrons. The number of rotatable bonds is 6. The number of nitro groups is 1. The van der Waals surface area contributed by atoms with Crippen LogP contribution in [0.4, 0.5) is 11.6 Å². The van der Waals surface area contributed by atoms with Crippen LogP contribution in [0.15, 0.2) is 22.9 Å². The van der Waals surface area contributed by atoms with Crippen LogP contribution < -0.4 is 5.32 Å². The van der Waals surface area contributed by atoms with Crippen molar-refractivity contribution in [3.05, 3.63) is 60.0 Å². The van der Waals surface area contributed by atoms with Gasteiger partial charge in [0.1, 0.15) is 0 Å². The molecule has 38 heavy (non-hydrogen) atoms. The summed E-state index contributed by atoms with van der Waals surface area (Å²) in [6.45, 7) is 4.28. The molecule has 1 aromatic carbocycles. The minimum Gasteiger partial charge on any atom is -0.390 e. The summed E-state index contributed by atoms with van der Waals surface area (Å²) in [4.78, 5) is 28.8. The number of anilines is 1. The van der Waals surface area contributed by atoms with E-state index >= 15 is 0 Å². The molecule has 0 saturated heterocycles. The average Bonchev–Trinajstić information content (AvgIpc) is 3.36. The fourth-order valence-corrected chi connectivity index (χ4v) is 8.56. The van der Waals surface area contributed by atoms with E-state index < -0.39 is 21.8 Å². The van der Waals surface area contributed by atoms with E-state index in [1.165, 1.54) is 0 Å². The van der Waals surface area contributed by atoms with E-state index in [2.05, 4.69) is 36.4 Å². The van der Waals surface area contributed by atoms with Crippen LogP contribution in [0.5, 0.6) is 0 Å². The van der Waals surface area contributed by atoms with E-state index in [1.54, 1.807) is 16.8 Å². The molecule has 1 N–H and O–H groups in total. The van der Waals surface area contributed by atoms with Gasteiger partial charge in [0, 0.05) is 31.1 Å². The summed E-state index contributed by atoms with van der Waals surface area (Å²) < 4.78 is 3.86. The molecule has 4 atom stereocenters. The zero-order chi connectivity index (χ0) is 27.0. The summed E-state index contributed by atoms with van der Waals surface area (Å²) in [5.74, 6) is 0.269. The number of aryl methyl sites for hydroxylation is 1. The lowest BCUT2D eigenvalue weighted by Gasteiger charge is -2.60. The van der Waals surface area contributed by atoms with Crippen molar-refractivity contribution in [1.82, 2.24) is 24.5 Å². The Bertz CT molecular complexity index is 1470. The lowest BCUT2D eigenvalue weighted by Crippen LogP contribution is -2.60. The maximum absolute atomic E-state index is 14.1. The van der Waals surface area contributed by atoms with Gasteiger partial charge < -0.3 is 15.4 Å². The fourth-order valence-electron chi connectivity index (χ4n) is 7.48. The topological polar surface area (TPSA) is 121 Å². The third-order valence-corrected chi connectivity index (χ3v) is 9.74. The zero-order valence-corrected chi connectivity index (χ0v) is 24.0. The van der Waals surface area contributed by atoms with Gasteiger partial charge in [-0.2, -0.15) is 9.78 Å². The van der Waals surface area contributed by atoms with Crippen LogP contribution in [0.1, 0.15) is 55.5 Å². The molecular weight excluding hydrogens is 597 g/mol. The molecule has 4 saturated carbocycles. The molecule has 2 unspecified atom stereocenters. The summed E-state index contributed by atoms with van der Waals surface area (Å²) >= 11 is 15.8. The molecule has 2 aromatic heterocycles. The quantitative estimate of drug-likeness (QED) is 0.264. The van der Waals surface area contributed by atoms with E-state index in [0.29, 0.717) is 45.3 Å². The maximum atomic E-state index is 14.1. The highest BCUT2D eigenvalue weighted by Gasteiger charge is 2.63. The van der Waals surface area contributed by atoms with Gasteiger partial charge in [0.05, 0.1) is 34.6 Å². The first-order valence-corrected chi connectivity index (χ1v) is 14.1. The highest BCUT2D eigenvalue weighted by Crippen LogP contribution is 2.64. The van der Waals surface area contributed by atoms with Crippen molar-refractivity contribution in [3.8, 4) is 0 Å². The number of hydrogen-bond acceptors (Lipinski definition) is 6. The highest BCUT2D eigenvalue weighted by atomic mass is 79.9. The van der Waals surface area contributed by atoms with Gasteiger partial charge in [-0.15, -0.1) is 0 Å². The van der Waals surface area contributed by atoms with Crippen LogP contribution in [0.25, 0.3) is 0 Å². The first-order chi connectivity index (χ1) is 18.0. The zero-order valence-electron chi connectivity index (χ0n) is 20.9. The monoisotopic (exact) mass is 621 g/mol. The molecule has 13 heteroatoms. The van der Waals surface area contributed by atoms with Gasteiger partial charge in [-0.05, 0) is 91.8 Å². The molecule has 4 aliphatic rings. The van der Waals surface area contributed by atoms with Crippen LogP contribution in [0, 0.1) is 41.2 Å². The highest BCUT2D eigenvalue weighted by molar-refractivity contribution is 9.10. The lowest BCUT2D eigenvalue weighted by atomic mass is 9.46. The molecule has 10 nitrogen and oxygen atoms in total. The van der Waals surface area contributed by atoms with Crippen LogP contribution in [-0.4, -0.2) is 35.4 Å². The van der Waals surface area contributed by atoms with Crippen molar-refractivity contribution in [1.29, 1.82) is 0 Å². The van der Waals surface area contributed by atoms with E-state index in [-0.39, 0.29) is 5.91 Å². The fraction of sp³-hybridized carbons (Fsp3) is 0.520. The normalized spacial score (nSPS) is 27.6. The van der Waals surface area contributed by atoms with Crippen LogP contribution >= 0.6 is 39.1 Å². The third kappa shape index (κ3) is 4.14. The number of halogens is 3. The number of amides is 1. The summed E-state index contributed by atoms with van der Waals surface area (Å²) in [5, 5.41) is 24.6. The molecular formula is C25H26BrCl2N7O3. The van der Waals surface area contributed by atoms with Crippen molar-refractivity contribution in [3.63, 3.8) is 0 Å². The molecule has 1 amide bonds. The molecule has 200 valence electrons. The Morgan fingerprint density at radius 1 is 1.21 bits per heavy atom. The summed E-state index contributed by atoms with van der Waals surface area (Å²) in [6.07, 6.45) is 4.94. The van der Waals surface area contributed by atoms with Gasteiger partial charge in [0.2, 0.25) is 5.91 Å². The van der Waals surface area contributed by atoms with Gasteiger partial charge in [-0.3, -0.25) is 9.48 Å². The first-order valence-electron chi connectivity index (χ1n) is 12.6. The Balaban J connectivity index is 1.29. The minimum absolute atomic E-state index is 0.0167. The lowest BCUT2D eigenvalue weighted by molar-refractivity contribution is -0.394. The molecule has 4 fully saturated rings. The molecule has 2 heterocycles. The number of hydrogen-bond donors (Lipinski definition) is 1. The summed E-state index contributed by atoms with van der Waals surface area (Å²) in [6, 6.07) is 5.38. The number of nitrogens with one attached hydrogen (secondary N) is 1. The second-order valence-electron chi connectivity index (χ2n) is 11.2. The smallest absolute Gasteiger partial charge is 0.390 e. The number of carbonyl (C=O) groups excluding carboxylic acids is 1. The van der Waals surface area contributed by atoms with Crippen LogP contribution in [-0.2, 0) is 16.9 Å². The van der Waals surface area contributed by atoms with Gasteiger partial charge >= 0.3 is 5.95 Å². The van der Waals surface area contributed by atoms with Crippen molar-refractivity contribution < 1.29 is 9.72 Å². The standard InChI is InChI=1S/C25H26BrCl2N7O3/c1-13-20(14(2)33(31-13)11-17-3-4-18(27)6-19(17)28)29-21(36)24-7-15-5-16(8-24)10-25(9-15,12-24)34-22(26)30-23(32-34)35(37)38/h3-4,6,15-16H,5,7-12H2,1-2H3,(H,29,36)/t15-,16+,24?,25?. The Morgan fingerprint density at radius 2 is 1.92 bits per heavy atom. The van der Waals surface area contributed by atoms with Gasteiger partial charge in [0.25, 0.3) is 4.73 Å². The Hall–Kier alpha value is -2.50. The van der Waals surface area contributed by atoms with Crippen LogP contribution in [0.2, 0.25) is 10.0 Å². The Labute approximate surface area is 237 Å². The van der Waals surface area contributed by atoms with Crippen molar-refractivity contribution >= 4 is 56.7 Å². The number of benzene rings is 1. The minimum atomic E-state index is -0.579. The average molecular weight is 623 g/mol. The Morgan fingerprint density at radius 3 is 2.55 bits per heavy atom. The molecule has 4 aliphatic carbocycles.